The highest BCUT2D eigenvalue weighted by Gasteiger charge is 2.36. The van der Waals surface area contributed by atoms with Crippen LogP contribution in [0.2, 0.25) is 0 Å². The summed E-state index contributed by atoms with van der Waals surface area (Å²) in [6.45, 7) is 2.07. The van der Waals surface area contributed by atoms with E-state index in [0.29, 0.717) is 29.9 Å². The van der Waals surface area contributed by atoms with Crippen LogP contribution in [-0.4, -0.2) is 15.0 Å². The van der Waals surface area contributed by atoms with Gasteiger partial charge in [0.05, 0.1) is 4.90 Å². The van der Waals surface area contributed by atoms with Gasteiger partial charge in [0.15, 0.2) is 0 Å². The smallest absolute Gasteiger partial charge is 0.211 e. The quantitative estimate of drug-likeness (QED) is 0.868. The van der Waals surface area contributed by atoms with E-state index >= 15 is 0 Å². The molecule has 2 aliphatic rings. The van der Waals surface area contributed by atoms with Gasteiger partial charge in [0, 0.05) is 6.54 Å². The highest BCUT2D eigenvalue weighted by molar-refractivity contribution is 7.89. The summed E-state index contributed by atoms with van der Waals surface area (Å²) in [4.78, 5) is 0.164. The molecule has 0 unspecified atom stereocenters. The molecule has 20 heavy (non-hydrogen) atoms. The third kappa shape index (κ3) is 2.52. The lowest BCUT2D eigenvalue weighted by Crippen LogP contribution is -2.31. The summed E-state index contributed by atoms with van der Waals surface area (Å²) in [5.41, 5.74) is 0.435. The second-order valence-corrected chi connectivity index (χ2v) is 7.54. The molecule has 2 aliphatic carbocycles. The maximum atomic E-state index is 13.0. The van der Waals surface area contributed by atoms with E-state index in [1.807, 2.05) is 0 Å². The largest absolute Gasteiger partial charge is 0.240 e. The van der Waals surface area contributed by atoms with E-state index in [9.17, 15) is 12.8 Å². The molecule has 0 saturated heterocycles. The Morgan fingerprint density at radius 1 is 1.30 bits per heavy atom. The van der Waals surface area contributed by atoms with E-state index in [-0.39, 0.29) is 4.90 Å². The summed E-state index contributed by atoms with van der Waals surface area (Å²) >= 11 is 0. The third-order valence-electron chi connectivity index (χ3n) is 4.38. The standard InChI is InChI=1S/C15H18FNO2S/c1-10-6-14(16)4-5-15(10)20(18,19)17-9-13-8-11-2-3-12(13)7-11/h2-6,11-13,17H,7-9H2,1H3/t11-,12-,13+/m1/s1. The maximum Gasteiger partial charge on any atom is 0.240 e. The van der Waals surface area contributed by atoms with Crippen molar-refractivity contribution in [3.05, 3.63) is 41.7 Å². The molecular formula is C15H18FNO2S. The molecule has 5 heteroatoms. The average molecular weight is 295 g/mol. The van der Waals surface area contributed by atoms with Crippen molar-refractivity contribution >= 4 is 10.0 Å². The Bertz CT molecular complexity index is 654. The van der Waals surface area contributed by atoms with Gasteiger partial charge in [-0.2, -0.15) is 0 Å². The predicted octanol–water partition coefficient (Wildman–Crippen LogP) is 2.62. The van der Waals surface area contributed by atoms with Gasteiger partial charge in [-0.15, -0.1) is 0 Å². The Morgan fingerprint density at radius 2 is 2.10 bits per heavy atom. The van der Waals surface area contributed by atoms with Crippen LogP contribution >= 0.6 is 0 Å². The Morgan fingerprint density at radius 3 is 2.70 bits per heavy atom. The third-order valence-corrected chi connectivity index (χ3v) is 5.96. The molecule has 0 spiro atoms. The molecule has 1 fully saturated rings. The number of hydrogen-bond donors (Lipinski definition) is 1. The van der Waals surface area contributed by atoms with Gasteiger partial charge < -0.3 is 0 Å². The van der Waals surface area contributed by atoms with Crippen molar-refractivity contribution < 1.29 is 12.8 Å². The number of rotatable bonds is 4. The minimum absolute atomic E-state index is 0.164. The first-order chi connectivity index (χ1) is 9.45. The van der Waals surface area contributed by atoms with Crippen molar-refractivity contribution in [1.29, 1.82) is 0 Å². The van der Waals surface area contributed by atoms with E-state index in [4.69, 9.17) is 0 Å². The molecule has 0 amide bonds. The summed E-state index contributed by atoms with van der Waals surface area (Å²) < 4.78 is 40.3. The van der Waals surface area contributed by atoms with Crippen molar-refractivity contribution in [2.75, 3.05) is 6.54 Å². The van der Waals surface area contributed by atoms with Gasteiger partial charge in [-0.3, -0.25) is 0 Å². The minimum Gasteiger partial charge on any atom is -0.211 e. The normalized spacial score (nSPS) is 28.2. The first kappa shape index (κ1) is 13.8. The Balaban J connectivity index is 1.71. The Kier molecular flexibility index (Phi) is 3.42. The molecule has 3 nitrogen and oxygen atoms in total. The zero-order chi connectivity index (χ0) is 14.3. The molecule has 0 aromatic heterocycles. The molecule has 3 atom stereocenters. The molecule has 1 N–H and O–H groups in total. The van der Waals surface area contributed by atoms with Gasteiger partial charge in [0.25, 0.3) is 0 Å². The first-order valence-corrected chi connectivity index (χ1v) is 8.38. The molecule has 1 saturated carbocycles. The molecule has 108 valence electrons. The number of aryl methyl sites for hydroxylation is 1. The van der Waals surface area contributed by atoms with Crippen molar-refractivity contribution in [1.82, 2.24) is 4.72 Å². The van der Waals surface area contributed by atoms with Crippen LogP contribution in [0.25, 0.3) is 0 Å². The number of hydrogen-bond acceptors (Lipinski definition) is 2. The molecule has 3 rings (SSSR count). The van der Waals surface area contributed by atoms with Crippen molar-refractivity contribution in [2.45, 2.75) is 24.7 Å². The van der Waals surface area contributed by atoms with Gasteiger partial charge in [0.2, 0.25) is 10.0 Å². The number of fused-ring (bicyclic) bond motifs is 2. The van der Waals surface area contributed by atoms with Gasteiger partial charge in [-0.1, -0.05) is 12.2 Å². The SMILES string of the molecule is Cc1cc(F)ccc1S(=O)(=O)NC[C@@H]1C[C@@H]2C=C[C@@H]1C2. The van der Waals surface area contributed by atoms with Crippen LogP contribution in [0, 0.1) is 30.5 Å². The monoisotopic (exact) mass is 295 g/mol. The molecule has 1 aromatic carbocycles. The number of allylic oxidation sites excluding steroid dienone is 2. The number of benzene rings is 1. The van der Waals surface area contributed by atoms with Crippen molar-refractivity contribution in [3.8, 4) is 0 Å². The topological polar surface area (TPSA) is 46.2 Å². The number of nitrogens with one attached hydrogen (secondary N) is 1. The molecule has 0 radical (unpaired) electrons. The van der Waals surface area contributed by atoms with E-state index in [1.165, 1.54) is 18.2 Å². The van der Waals surface area contributed by atoms with E-state index in [0.717, 1.165) is 12.8 Å². The Hall–Kier alpha value is -1.20. The second kappa shape index (κ2) is 4.97. The second-order valence-electron chi connectivity index (χ2n) is 5.80. The van der Waals surface area contributed by atoms with E-state index < -0.39 is 15.8 Å². The van der Waals surface area contributed by atoms with Crippen molar-refractivity contribution in [2.24, 2.45) is 17.8 Å². The molecule has 1 aromatic rings. The van der Waals surface area contributed by atoms with E-state index in [1.54, 1.807) is 6.92 Å². The summed E-state index contributed by atoms with van der Waals surface area (Å²) in [5, 5.41) is 0. The van der Waals surface area contributed by atoms with Gasteiger partial charge in [-0.05, 0) is 61.3 Å². The zero-order valence-corrected chi connectivity index (χ0v) is 12.2. The summed E-state index contributed by atoms with van der Waals surface area (Å²) in [5.74, 6) is 1.11. The number of halogens is 1. The average Bonchev–Trinajstić information content (AvgIpc) is 2.98. The van der Waals surface area contributed by atoms with Crippen LogP contribution in [0.15, 0.2) is 35.2 Å². The van der Waals surface area contributed by atoms with E-state index in [2.05, 4.69) is 16.9 Å². The van der Waals surface area contributed by atoms with Gasteiger partial charge in [0.1, 0.15) is 5.82 Å². The zero-order valence-electron chi connectivity index (χ0n) is 11.3. The number of sulfonamides is 1. The molecule has 2 bridgehead atoms. The fourth-order valence-electron chi connectivity index (χ4n) is 3.34. The molecular weight excluding hydrogens is 277 g/mol. The molecule has 0 aliphatic heterocycles. The fourth-order valence-corrected chi connectivity index (χ4v) is 4.66. The van der Waals surface area contributed by atoms with Crippen LogP contribution < -0.4 is 4.72 Å². The van der Waals surface area contributed by atoms with Gasteiger partial charge in [-0.25, -0.2) is 17.5 Å². The van der Waals surface area contributed by atoms with Crippen molar-refractivity contribution in [3.63, 3.8) is 0 Å². The minimum atomic E-state index is -3.55. The lowest BCUT2D eigenvalue weighted by atomic mass is 9.94. The molecule has 0 heterocycles. The lowest BCUT2D eigenvalue weighted by molar-refractivity contribution is 0.440. The summed E-state index contributed by atoms with van der Waals surface area (Å²) in [6.07, 6.45) is 6.66. The Labute approximate surface area is 118 Å². The predicted molar refractivity (Wildman–Crippen MR) is 75.2 cm³/mol. The highest BCUT2D eigenvalue weighted by atomic mass is 32.2. The highest BCUT2D eigenvalue weighted by Crippen LogP contribution is 2.43. The first-order valence-electron chi connectivity index (χ1n) is 6.90. The lowest BCUT2D eigenvalue weighted by Gasteiger charge is -2.19. The van der Waals surface area contributed by atoms with Gasteiger partial charge >= 0.3 is 0 Å². The van der Waals surface area contributed by atoms with Crippen LogP contribution in [-0.2, 0) is 10.0 Å². The van der Waals surface area contributed by atoms with Crippen LogP contribution in [0.3, 0.4) is 0 Å². The summed E-state index contributed by atoms with van der Waals surface area (Å²) in [6, 6.07) is 3.75. The summed E-state index contributed by atoms with van der Waals surface area (Å²) in [7, 11) is -3.55. The fraction of sp³-hybridized carbons (Fsp3) is 0.467. The van der Waals surface area contributed by atoms with Crippen LogP contribution in [0.5, 0.6) is 0 Å². The van der Waals surface area contributed by atoms with Crippen LogP contribution in [0.4, 0.5) is 4.39 Å². The maximum absolute atomic E-state index is 13.0. The van der Waals surface area contributed by atoms with Crippen LogP contribution in [0.1, 0.15) is 18.4 Å².